The maximum absolute atomic E-state index is 10.2. The Morgan fingerprint density at radius 2 is 0.907 bits per heavy atom. The number of rotatable bonds is 4. The number of hydrogen-bond donors (Lipinski definition) is 1. The van der Waals surface area contributed by atoms with Crippen LogP contribution >= 0.6 is 11.3 Å². The van der Waals surface area contributed by atoms with Crippen molar-refractivity contribution in [2.45, 2.75) is 0 Å². The maximum atomic E-state index is 10.2. The standard InChI is InChI=1S/C48H28B2N2OS/c49-40-26-33(53)27-41(50)48(40)52-43-14-5-2-11-35(43)39-24-30(18-21-45(39)52)29-17-20-44-38(23-29)34-10-1-4-13-42(34)51(44)32-9-7-8-28(22-32)31-16-19-37-36-12-3-6-15-46(36)54-47(37)25-31/h1-27,53H. The molecule has 0 atom stereocenters. The van der Waals surface area contributed by atoms with Crippen LogP contribution < -0.4 is 10.9 Å². The van der Waals surface area contributed by atoms with Crippen LogP contribution in [-0.2, 0) is 0 Å². The van der Waals surface area contributed by atoms with Gasteiger partial charge in [0.05, 0.1) is 22.1 Å². The first kappa shape index (κ1) is 31.1. The smallest absolute Gasteiger partial charge is 0.116 e. The molecule has 3 aromatic heterocycles. The van der Waals surface area contributed by atoms with Crippen LogP contribution in [0.4, 0.5) is 0 Å². The third-order valence-corrected chi connectivity index (χ3v) is 12.0. The molecule has 0 aliphatic heterocycles. The first-order chi connectivity index (χ1) is 26.5. The van der Waals surface area contributed by atoms with Gasteiger partial charge >= 0.3 is 0 Å². The summed E-state index contributed by atoms with van der Waals surface area (Å²) >= 11 is 1.85. The minimum absolute atomic E-state index is 0.0474. The molecular formula is C48H28B2N2OS. The van der Waals surface area contributed by atoms with E-state index in [0.717, 1.165) is 44.1 Å². The Kier molecular flexibility index (Phi) is 6.77. The molecule has 4 radical (unpaired) electrons. The average molecular weight is 702 g/mol. The van der Waals surface area contributed by atoms with Gasteiger partial charge in [-0.1, -0.05) is 102 Å². The van der Waals surface area contributed by atoms with E-state index in [2.05, 4.69) is 155 Å². The zero-order chi connectivity index (χ0) is 36.1. The summed E-state index contributed by atoms with van der Waals surface area (Å²) in [5.74, 6) is 0.0474. The Morgan fingerprint density at radius 3 is 1.61 bits per heavy atom. The minimum atomic E-state index is 0.0474. The highest BCUT2D eigenvalue weighted by molar-refractivity contribution is 7.25. The van der Waals surface area contributed by atoms with Gasteiger partial charge in [0, 0.05) is 53.1 Å². The third kappa shape index (κ3) is 4.63. The lowest BCUT2D eigenvalue weighted by Gasteiger charge is -2.16. The number of benzene rings is 8. The predicted molar refractivity (Wildman–Crippen MR) is 231 cm³/mol. The lowest BCUT2D eigenvalue weighted by molar-refractivity contribution is 0.476. The Hall–Kier alpha value is -6.49. The Bertz CT molecular complexity index is 3310. The van der Waals surface area contributed by atoms with Crippen molar-refractivity contribution in [1.82, 2.24) is 9.13 Å². The number of hydrogen-bond acceptors (Lipinski definition) is 2. The third-order valence-electron chi connectivity index (χ3n) is 10.9. The van der Waals surface area contributed by atoms with Crippen molar-refractivity contribution < 1.29 is 5.11 Å². The zero-order valence-corrected chi connectivity index (χ0v) is 29.8. The first-order valence-corrected chi connectivity index (χ1v) is 18.8. The summed E-state index contributed by atoms with van der Waals surface area (Å²) in [4.78, 5) is 0. The second-order valence-electron chi connectivity index (χ2n) is 14.0. The van der Waals surface area contributed by atoms with E-state index < -0.39 is 0 Å². The van der Waals surface area contributed by atoms with Gasteiger partial charge in [-0.3, -0.25) is 0 Å². The van der Waals surface area contributed by atoms with Crippen molar-refractivity contribution in [3.8, 4) is 39.4 Å². The second kappa shape index (κ2) is 11.8. The number of phenols is 1. The summed E-state index contributed by atoms with van der Waals surface area (Å²) in [5.41, 5.74) is 11.6. The van der Waals surface area contributed by atoms with Gasteiger partial charge in [-0.2, -0.15) is 0 Å². The predicted octanol–water partition coefficient (Wildman–Crippen LogP) is 10.9. The number of thiophene rings is 1. The molecule has 0 fully saturated rings. The molecule has 54 heavy (non-hydrogen) atoms. The fraction of sp³-hybridized carbons (Fsp3) is 0. The quantitative estimate of drug-likeness (QED) is 0.182. The number of aromatic hydroxyl groups is 1. The van der Waals surface area contributed by atoms with E-state index in [1.807, 2.05) is 17.4 Å². The Labute approximate surface area is 317 Å². The molecule has 3 nitrogen and oxygen atoms in total. The van der Waals surface area contributed by atoms with Crippen LogP contribution in [0.1, 0.15) is 0 Å². The van der Waals surface area contributed by atoms with Crippen LogP contribution in [0.25, 0.3) is 97.4 Å². The number of fused-ring (bicyclic) bond motifs is 9. The second-order valence-corrected chi connectivity index (χ2v) is 15.1. The molecule has 11 rings (SSSR count). The highest BCUT2D eigenvalue weighted by Gasteiger charge is 2.18. The van der Waals surface area contributed by atoms with Crippen molar-refractivity contribution >= 4 is 102 Å². The van der Waals surface area contributed by atoms with Gasteiger partial charge in [0.2, 0.25) is 0 Å². The number of aromatic nitrogens is 2. The van der Waals surface area contributed by atoms with E-state index in [1.54, 1.807) is 12.1 Å². The van der Waals surface area contributed by atoms with Crippen LogP contribution in [0, 0.1) is 0 Å². The summed E-state index contributed by atoms with van der Waals surface area (Å²) in [5, 5.41) is 17.4. The summed E-state index contributed by atoms with van der Waals surface area (Å²) < 4.78 is 7.11. The molecule has 0 bridgehead atoms. The van der Waals surface area contributed by atoms with Crippen LogP contribution in [0.3, 0.4) is 0 Å². The van der Waals surface area contributed by atoms with Crippen LogP contribution in [0.15, 0.2) is 164 Å². The lowest BCUT2D eigenvalue weighted by Crippen LogP contribution is -2.24. The van der Waals surface area contributed by atoms with Gasteiger partial charge in [-0.25, -0.2) is 0 Å². The molecule has 1 N–H and O–H groups in total. The van der Waals surface area contributed by atoms with Crippen molar-refractivity contribution in [2.75, 3.05) is 0 Å². The lowest BCUT2D eigenvalue weighted by atomic mass is 9.84. The van der Waals surface area contributed by atoms with Crippen molar-refractivity contribution in [3.05, 3.63) is 164 Å². The Balaban J connectivity index is 1.05. The first-order valence-electron chi connectivity index (χ1n) is 18.0. The van der Waals surface area contributed by atoms with Crippen LogP contribution in [0.2, 0.25) is 0 Å². The fourth-order valence-corrected chi connectivity index (χ4v) is 9.62. The summed E-state index contributed by atoms with van der Waals surface area (Å²) in [6.07, 6.45) is 0. The molecule has 8 aromatic carbocycles. The largest absolute Gasteiger partial charge is 0.508 e. The highest BCUT2D eigenvalue weighted by Crippen LogP contribution is 2.40. The topological polar surface area (TPSA) is 30.1 Å². The molecule has 0 saturated carbocycles. The number of para-hydroxylation sites is 2. The highest BCUT2D eigenvalue weighted by atomic mass is 32.1. The molecule has 0 saturated heterocycles. The minimum Gasteiger partial charge on any atom is -0.508 e. The molecule has 0 aliphatic rings. The van der Waals surface area contributed by atoms with Crippen molar-refractivity contribution in [3.63, 3.8) is 0 Å². The van der Waals surface area contributed by atoms with E-state index in [9.17, 15) is 5.11 Å². The van der Waals surface area contributed by atoms with Crippen molar-refractivity contribution in [1.29, 1.82) is 0 Å². The number of phenolic OH excluding ortho intramolecular Hbond substituents is 1. The molecule has 6 heteroatoms. The number of nitrogens with zero attached hydrogens (tertiary/aromatic N) is 2. The zero-order valence-electron chi connectivity index (χ0n) is 29.0. The normalized spacial score (nSPS) is 11.9. The molecular weight excluding hydrogens is 674 g/mol. The van der Waals surface area contributed by atoms with E-state index in [1.165, 1.54) is 47.6 Å². The molecule has 0 spiro atoms. The summed E-state index contributed by atoms with van der Waals surface area (Å²) in [6.45, 7) is 0. The van der Waals surface area contributed by atoms with Crippen molar-refractivity contribution in [2.24, 2.45) is 0 Å². The molecule has 11 aromatic rings. The molecule has 3 heterocycles. The summed E-state index contributed by atoms with van der Waals surface area (Å²) in [7, 11) is 12.9. The van der Waals surface area contributed by atoms with Crippen LogP contribution in [-0.4, -0.2) is 29.9 Å². The van der Waals surface area contributed by atoms with E-state index in [-0.39, 0.29) is 5.75 Å². The summed E-state index contributed by atoms with van der Waals surface area (Å²) in [6, 6.07) is 57.9. The van der Waals surface area contributed by atoms with Gasteiger partial charge in [0.15, 0.2) is 0 Å². The van der Waals surface area contributed by atoms with Crippen LogP contribution in [0.5, 0.6) is 5.75 Å². The van der Waals surface area contributed by atoms with Gasteiger partial charge in [0.25, 0.3) is 0 Å². The van der Waals surface area contributed by atoms with Gasteiger partial charge in [0.1, 0.15) is 21.4 Å². The van der Waals surface area contributed by atoms with Gasteiger partial charge < -0.3 is 14.2 Å². The monoisotopic (exact) mass is 702 g/mol. The van der Waals surface area contributed by atoms with E-state index in [4.69, 9.17) is 15.7 Å². The molecule has 0 unspecified atom stereocenters. The van der Waals surface area contributed by atoms with E-state index >= 15 is 0 Å². The molecule has 0 amide bonds. The maximum Gasteiger partial charge on any atom is 0.116 e. The van der Waals surface area contributed by atoms with E-state index in [0.29, 0.717) is 16.6 Å². The molecule has 0 aliphatic carbocycles. The van der Waals surface area contributed by atoms with Gasteiger partial charge in [-0.15, -0.1) is 11.3 Å². The molecule has 248 valence electrons. The average Bonchev–Trinajstić information content (AvgIpc) is 3.85. The van der Waals surface area contributed by atoms with Gasteiger partial charge in [-0.05, 0) is 95.1 Å². The fourth-order valence-electron chi connectivity index (χ4n) is 8.48. The Morgan fingerprint density at radius 1 is 0.389 bits per heavy atom. The SMILES string of the molecule is [B]c1cc(O)cc([B])c1-n1c2ccccc2c2cc(-c3ccc4c(c3)c3ccccc3n4-c3cccc(-c4ccc5c(c4)sc4ccccc45)c3)ccc21.